The van der Waals surface area contributed by atoms with E-state index in [9.17, 15) is 30.8 Å². The van der Waals surface area contributed by atoms with Crippen molar-refractivity contribution in [3.63, 3.8) is 0 Å². The summed E-state index contributed by atoms with van der Waals surface area (Å²) in [6.45, 7) is 0.183. The lowest BCUT2D eigenvalue weighted by Crippen LogP contribution is -2.45. The SMILES string of the molecule is O=C(NCc1ccnc(-c2ccc(C(F)(F)F)cc2)c1)[C@@H]1CCCN1S(=O)(=O)c1cc2ccc(F)cc2o1. The van der Waals surface area contributed by atoms with E-state index in [2.05, 4.69) is 10.3 Å². The van der Waals surface area contributed by atoms with Gasteiger partial charge in [0, 0.05) is 42.4 Å². The van der Waals surface area contributed by atoms with Crippen LogP contribution in [0.2, 0.25) is 0 Å². The molecule has 7 nitrogen and oxygen atoms in total. The van der Waals surface area contributed by atoms with E-state index in [1.807, 2.05) is 0 Å². The lowest BCUT2D eigenvalue weighted by molar-refractivity contribution is -0.137. The first-order valence-electron chi connectivity index (χ1n) is 11.6. The third kappa shape index (κ3) is 5.14. The van der Waals surface area contributed by atoms with Crippen LogP contribution in [0.3, 0.4) is 0 Å². The van der Waals surface area contributed by atoms with Crippen LogP contribution in [0.1, 0.15) is 24.0 Å². The molecule has 1 N–H and O–H groups in total. The van der Waals surface area contributed by atoms with Crippen LogP contribution in [0.4, 0.5) is 17.6 Å². The number of alkyl halides is 3. The summed E-state index contributed by atoms with van der Waals surface area (Å²) in [4.78, 5) is 17.2. The van der Waals surface area contributed by atoms with Gasteiger partial charge < -0.3 is 9.73 Å². The van der Waals surface area contributed by atoms with Gasteiger partial charge in [0.25, 0.3) is 10.0 Å². The largest absolute Gasteiger partial charge is 0.443 e. The number of rotatable bonds is 6. The van der Waals surface area contributed by atoms with Crippen molar-refractivity contribution in [2.24, 2.45) is 0 Å². The van der Waals surface area contributed by atoms with Crippen LogP contribution in [0.15, 0.2) is 76.4 Å². The number of halogens is 4. The Morgan fingerprint density at radius 2 is 1.84 bits per heavy atom. The molecule has 198 valence electrons. The Balaban J connectivity index is 1.28. The van der Waals surface area contributed by atoms with Crippen LogP contribution in [0, 0.1) is 5.82 Å². The van der Waals surface area contributed by atoms with Crippen LogP contribution in [0.5, 0.6) is 0 Å². The van der Waals surface area contributed by atoms with E-state index in [4.69, 9.17) is 4.42 Å². The van der Waals surface area contributed by atoms with Crippen molar-refractivity contribution in [1.82, 2.24) is 14.6 Å². The van der Waals surface area contributed by atoms with Crippen LogP contribution >= 0.6 is 0 Å². The molecule has 0 spiro atoms. The average Bonchev–Trinajstić information content (AvgIpc) is 3.55. The fourth-order valence-corrected chi connectivity index (χ4v) is 6.00. The topological polar surface area (TPSA) is 92.5 Å². The number of pyridine rings is 1. The number of furan rings is 1. The minimum Gasteiger partial charge on any atom is -0.443 e. The first-order valence-corrected chi connectivity index (χ1v) is 13.1. The maximum atomic E-state index is 13.5. The Bertz CT molecular complexity index is 1600. The summed E-state index contributed by atoms with van der Waals surface area (Å²) in [5, 5.41) is 2.79. The van der Waals surface area contributed by atoms with Crippen molar-refractivity contribution >= 4 is 26.9 Å². The maximum Gasteiger partial charge on any atom is 0.416 e. The van der Waals surface area contributed by atoms with Crippen molar-refractivity contribution in [2.45, 2.75) is 36.7 Å². The van der Waals surface area contributed by atoms with Gasteiger partial charge in [0.2, 0.25) is 11.0 Å². The molecule has 38 heavy (non-hydrogen) atoms. The summed E-state index contributed by atoms with van der Waals surface area (Å²) in [6, 6.07) is 11.9. The molecule has 2 aromatic heterocycles. The number of fused-ring (bicyclic) bond motifs is 1. The first kappa shape index (κ1) is 25.9. The van der Waals surface area contributed by atoms with Gasteiger partial charge in [0.1, 0.15) is 17.4 Å². The van der Waals surface area contributed by atoms with E-state index in [1.165, 1.54) is 36.5 Å². The molecule has 1 atom stereocenters. The number of hydrogen-bond donors (Lipinski definition) is 1. The van der Waals surface area contributed by atoms with Gasteiger partial charge in [-0.05, 0) is 54.8 Å². The number of hydrogen-bond acceptors (Lipinski definition) is 5. The van der Waals surface area contributed by atoms with Gasteiger partial charge in [0.05, 0.1) is 11.3 Å². The van der Waals surface area contributed by atoms with Crippen molar-refractivity contribution < 1.29 is 35.2 Å². The molecule has 1 amide bonds. The Morgan fingerprint density at radius 3 is 2.58 bits per heavy atom. The molecule has 1 aliphatic heterocycles. The summed E-state index contributed by atoms with van der Waals surface area (Å²) in [7, 11) is -4.15. The molecule has 1 aliphatic rings. The molecule has 3 heterocycles. The average molecular weight is 548 g/mol. The maximum absolute atomic E-state index is 13.5. The van der Waals surface area contributed by atoms with Crippen molar-refractivity contribution in [2.75, 3.05) is 6.54 Å². The number of benzene rings is 2. The minimum atomic E-state index is -4.44. The van der Waals surface area contributed by atoms with Crippen molar-refractivity contribution in [3.8, 4) is 11.3 Å². The van der Waals surface area contributed by atoms with Crippen LogP contribution in [0.25, 0.3) is 22.2 Å². The normalized spacial score (nSPS) is 16.7. The highest BCUT2D eigenvalue weighted by Gasteiger charge is 2.41. The van der Waals surface area contributed by atoms with Gasteiger partial charge >= 0.3 is 6.18 Å². The van der Waals surface area contributed by atoms with Gasteiger partial charge in [-0.3, -0.25) is 9.78 Å². The highest BCUT2D eigenvalue weighted by molar-refractivity contribution is 7.89. The fourth-order valence-electron chi connectivity index (χ4n) is 4.39. The second kappa shape index (κ2) is 9.84. The molecular formula is C26H21F4N3O4S. The molecule has 4 aromatic rings. The Labute approximate surface area is 215 Å². The molecular weight excluding hydrogens is 526 g/mol. The Morgan fingerprint density at radius 1 is 1.08 bits per heavy atom. The van der Waals surface area contributed by atoms with Crippen LogP contribution in [-0.4, -0.2) is 36.2 Å². The van der Waals surface area contributed by atoms with E-state index in [0.29, 0.717) is 35.0 Å². The monoisotopic (exact) mass is 547 g/mol. The lowest BCUT2D eigenvalue weighted by atomic mass is 10.1. The van der Waals surface area contributed by atoms with Crippen LogP contribution in [-0.2, 0) is 27.5 Å². The molecule has 0 radical (unpaired) electrons. The van der Waals surface area contributed by atoms with E-state index < -0.39 is 39.5 Å². The lowest BCUT2D eigenvalue weighted by Gasteiger charge is -2.22. The molecule has 1 fully saturated rings. The Hall–Kier alpha value is -3.77. The quantitative estimate of drug-likeness (QED) is 0.338. The predicted molar refractivity (Wildman–Crippen MR) is 130 cm³/mol. The van der Waals surface area contributed by atoms with Crippen molar-refractivity contribution in [1.29, 1.82) is 0 Å². The first-order chi connectivity index (χ1) is 18.0. The number of amides is 1. The molecule has 2 aromatic carbocycles. The third-order valence-corrected chi connectivity index (χ3v) is 8.09. The van der Waals surface area contributed by atoms with E-state index in [0.717, 1.165) is 22.5 Å². The van der Waals surface area contributed by atoms with Gasteiger partial charge in [-0.2, -0.15) is 17.5 Å². The van der Waals surface area contributed by atoms with Gasteiger partial charge in [-0.25, -0.2) is 12.8 Å². The number of nitrogens with zero attached hydrogens (tertiary/aromatic N) is 2. The molecule has 0 unspecified atom stereocenters. The highest BCUT2D eigenvalue weighted by atomic mass is 32.2. The third-order valence-electron chi connectivity index (χ3n) is 6.33. The van der Waals surface area contributed by atoms with E-state index in [1.54, 1.807) is 12.1 Å². The second-order valence-corrected chi connectivity index (χ2v) is 10.7. The minimum absolute atomic E-state index is 0.0588. The summed E-state index contributed by atoms with van der Waals surface area (Å²) in [5.74, 6) is -1.06. The molecule has 0 aliphatic carbocycles. The fraction of sp³-hybridized carbons (Fsp3) is 0.231. The van der Waals surface area contributed by atoms with Gasteiger partial charge in [-0.15, -0.1) is 0 Å². The summed E-state index contributed by atoms with van der Waals surface area (Å²) < 4.78 is 85.0. The van der Waals surface area contributed by atoms with E-state index in [-0.39, 0.29) is 23.8 Å². The summed E-state index contributed by atoms with van der Waals surface area (Å²) >= 11 is 0. The predicted octanol–water partition coefficient (Wildman–Crippen LogP) is 5.12. The standard InChI is InChI=1S/C26H21F4N3O4S/c27-20-8-5-18-13-24(37-23(18)14-20)38(35,36)33-11-1-2-22(33)25(34)32-15-16-9-10-31-21(12-16)17-3-6-19(7-4-17)26(28,29)30/h3-10,12-14,22H,1-2,11,15H2,(H,32,34)/t22-/m0/s1. The van der Waals surface area contributed by atoms with Crippen LogP contribution < -0.4 is 5.32 Å². The van der Waals surface area contributed by atoms with Crippen molar-refractivity contribution in [3.05, 3.63) is 83.8 Å². The molecule has 12 heteroatoms. The highest BCUT2D eigenvalue weighted by Crippen LogP contribution is 2.32. The zero-order valence-electron chi connectivity index (χ0n) is 19.7. The summed E-state index contributed by atoms with van der Waals surface area (Å²) in [6.07, 6.45) is -2.18. The number of nitrogens with one attached hydrogen (secondary N) is 1. The zero-order valence-corrected chi connectivity index (χ0v) is 20.5. The number of carbonyl (C=O) groups is 1. The number of aromatic nitrogens is 1. The molecule has 0 saturated carbocycles. The van der Waals surface area contributed by atoms with E-state index >= 15 is 0 Å². The molecule has 1 saturated heterocycles. The number of sulfonamides is 1. The smallest absolute Gasteiger partial charge is 0.416 e. The van der Waals surface area contributed by atoms with Gasteiger partial charge in [-0.1, -0.05) is 12.1 Å². The Kier molecular flexibility index (Phi) is 6.70. The molecule has 5 rings (SSSR count). The second-order valence-electron chi connectivity index (χ2n) is 8.86. The molecule has 0 bridgehead atoms. The van der Waals surface area contributed by atoms with Gasteiger partial charge in [0.15, 0.2) is 0 Å². The zero-order chi connectivity index (χ0) is 27.1. The number of carbonyl (C=O) groups excluding carboxylic acids is 1. The summed E-state index contributed by atoms with van der Waals surface area (Å²) in [5.41, 5.74) is 0.859.